The Labute approximate surface area is 129 Å². The summed E-state index contributed by atoms with van der Waals surface area (Å²) in [7, 11) is 0. The quantitative estimate of drug-likeness (QED) is 0.466. The lowest BCUT2D eigenvalue weighted by Gasteiger charge is -2.04. The zero-order valence-corrected chi connectivity index (χ0v) is 13.5. The van der Waals surface area contributed by atoms with Crippen LogP contribution in [-0.2, 0) is 6.42 Å². The van der Waals surface area contributed by atoms with Crippen LogP contribution in [0.15, 0.2) is 36.5 Å². The van der Waals surface area contributed by atoms with Gasteiger partial charge in [0, 0.05) is 11.6 Å². The molecule has 0 unspecified atom stereocenters. The molecule has 0 saturated carbocycles. The Morgan fingerprint density at radius 3 is 2.24 bits per heavy atom. The first-order chi connectivity index (χ1) is 10.4. The van der Waals surface area contributed by atoms with Crippen LogP contribution in [0, 0.1) is 0 Å². The zero-order valence-electron chi connectivity index (χ0n) is 13.5. The van der Waals surface area contributed by atoms with Gasteiger partial charge < -0.3 is 0 Å². The summed E-state index contributed by atoms with van der Waals surface area (Å²) in [6, 6.07) is 10.7. The summed E-state index contributed by atoms with van der Waals surface area (Å²) < 4.78 is 0. The Morgan fingerprint density at radius 2 is 1.48 bits per heavy atom. The number of rotatable bonds is 10. The fraction of sp³-hybridized carbons (Fsp3) is 0.550. The maximum absolute atomic E-state index is 4.54. The smallest absolute Gasteiger partial charge is 0.0702 e. The third kappa shape index (κ3) is 5.87. The van der Waals surface area contributed by atoms with Gasteiger partial charge in [-0.1, -0.05) is 76.5 Å². The Kier molecular flexibility index (Phi) is 7.28. The van der Waals surface area contributed by atoms with Crippen molar-refractivity contribution in [2.24, 2.45) is 0 Å². The maximum Gasteiger partial charge on any atom is 0.0702 e. The van der Waals surface area contributed by atoms with E-state index in [1.807, 2.05) is 6.20 Å². The summed E-state index contributed by atoms with van der Waals surface area (Å²) in [6.45, 7) is 2.28. The highest BCUT2D eigenvalue weighted by molar-refractivity contribution is 5.78. The van der Waals surface area contributed by atoms with Crippen molar-refractivity contribution in [1.29, 1.82) is 0 Å². The summed E-state index contributed by atoms with van der Waals surface area (Å²) in [6.07, 6.45) is 15.7. The van der Waals surface area contributed by atoms with Gasteiger partial charge in [0.15, 0.2) is 0 Å². The van der Waals surface area contributed by atoms with Crippen LogP contribution in [0.2, 0.25) is 0 Å². The molecule has 0 atom stereocenters. The van der Waals surface area contributed by atoms with E-state index in [2.05, 4.69) is 42.2 Å². The maximum atomic E-state index is 4.54. The van der Waals surface area contributed by atoms with E-state index in [0.717, 1.165) is 5.52 Å². The fourth-order valence-corrected chi connectivity index (χ4v) is 2.89. The normalized spacial score (nSPS) is 11.1. The molecule has 0 aliphatic rings. The van der Waals surface area contributed by atoms with Gasteiger partial charge in [0.2, 0.25) is 0 Å². The molecular weight excluding hydrogens is 254 g/mol. The summed E-state index contributed by atoms with van der Waals surface area (Å²) in [5, 5.41) is 1.27. The number of hydrogen-bond donors (Lipinski definition) is 0. The first kappa shape index (κ1) is 16.0. The van der Waals surface area contributed by atoms with E-state index < -0.39 is 0 Å². The van der Waals surface area contributed by atoms with Crippen molar-refractivity contribution in [3.63, 3.8) is 0 Å². The van der Waals surface area contributed by atoms with E-state index in [1.54, 1.807) is 0 Å². The zero-order chi connectivity index (χ0) is 14.8. The number of aryl methyl sites for hydroxylation is 1. The van der Waals surface area contributed by atoms with Crippen LogP contribution in [0.5, 0.6) is 0 Å². The molecule has 114 valence electrons. The number of benzene rings is 1. The highest BCUT2D eigenvalue weighted by atomic mass is 14.6. The van der Waals surface area contributed by atoms with Gasteiger partial charge in [0.25, 0.3) is 0 Å². The topological polar surface area (TPSA) is 12.9 Å². The Balaban J connectivity index is 1.59. The fourth-order valence-electron chi connectivity index (χ4n) is 2.89. The van der Waals surface area contributed by atoms with Crippen LogP contribution in [0.1, 0.15) is 70.3 Å². The third-order valence-corrected chi connectivity index (χ3v) is 4.22. The van der Waals surface area contributed by atoms with Gasteiger partial charge in [-0.15, -0.1) is 0 Å². The van der Waals surface area contributed by atoms with Gasteiger partial charge >= 0.3 is 0 Å². The van der Waals surface area contributed by atoms with Gasteiger partial charge in [-0.3, -0.25) is 4.98 Å². The lowest BCUT2D eigenvalue weighted by molar-refractivity contribution is 0.565. The second kappa shape index (κ2) is 9.55. The molecule has 1 heterocycles. The molecule has 2 aromatic rings. The van der Waals surface area contributed by atoms with E-state index in [0.29, 0.717) is 0 Å². The summed E-state index contributed by atoms with van der Waals surface area (Å²) >= 11 is 0. The van der Waals surface area contributed by atoms with Crippen molar-refractivity contribution < 1.29 is 0 Å². The van der Waals surface area contributed by atoms with E-state index in [-0.39, 0.29) is 0 Å². The van der Waals surface area contributed by atoms with Gasteiger partial charge in [-0.2, -0.15) is 0 Å². The van der Waals surface area contributed by atoms with E-state index in [4.69, 9.17) is 0 Å². The third-order valence-electron chi connectivity index (χ3n) is 4.22. The molecule has 1 aromatic heterocycles. The van der Waals surface area contributed by atoms with Crippen molar-refractivity contribution in [2.75, 3.05) is 0 Å². The standard InChI is InChI=1S/C20H29N/c1-2-3-4-5-6-7-8-9-10-13-18-16-19-14-11-12-15-20(19)21-17-18/h11-12,14-17H,2-10,13H2,1H3. The molecule has 0 saturated heterocycles. The molecule has 1 nitrogen and oxygen atoms in total. The highest BCUT2D eigenvalue weighted by Crippen LogP contribution is 2.15. The Bertz CT molecular complexity index is 518. The minimum absolute atomic E-state index is 1.10. The van der Waals surface area contributed by atoms with Gasteiger partial charge in [-0.05, 0) is 30.5 Å². The minimum Gasteiger partial charge on any atom is -0.256 e. The Hall–Kier alpha value is -1.37. The average Bonchev–Trinajstić information content (AvgIpc) is 2.53. The number of aromatic nitrogens is 1. The minimum atomic E-state index is 1.10. The number of para-hydroxylation sites is 1. The van der Waals surface area contributed by atoms with Gasteiger partial charge in [0.1, 0.15) is 0 Å². The first-order valence-corrected chi connectivity index (χ1v) is 8.74. The highest BCUT2D eigenvalue weighted by Gasteiger charge is 1.98. The van der Waals surface area contributed by atoms with Crippen LogP contribution in [0.4, 0.5) is 0 Å². The van der Waals surface area contributed by atoms with Gasteiger partial charge in [0.05, 0.1) is 5.52 Å². The molecule has 0 aliphatic carbocycles. The number of unbranched alkanes of at least 4 members (excludes halogenated alkanes) is 8. The Morgan fingerprint density at radius 1 is 0.810 bits per heavy atom. The number of hydrogen-bond acceptors (Lipinski definition) is 1. The van der Waals surface area contributed by atoms with Crippen molar-refractivity contribution in [3.05, 3.63) is 42.1 Å². The number of pyridine rings is 1. The molecule has 0 aliphatic heterocycles. The number of fused-ring (bicyclic) bond motifs is 1. The molecule has 0 amide bonds. The van der Waals surface area contributed by atoms with Crippen LogP contribution >= 0.6 is 0 Å². The van der Waals surface area contributed by atoms with E-state index in [1.165, 1.54) is 75.2 Å². The van der Waals surface area contributed by atoms with Crippen molar-refractivity contribution in [1.82, 2.24) is 4.98 Å². The number of nitrogens with zero attached hydrogens (tertiary/aromatic N) is 1. The summed E-state index contributed by atoms with van der Waals surface area (Å²) in [5.74, 6) is 0. The molecule has 0 fully saturated rings. The van der Waals surface area contributed by atoms with Crippen LogP contribution in [0.3, 0.4) is 0 Å². The molecular formula is C20H29N. The predicted octanol–water partition coefficient (Wildman–Crippen LogP) is 6.31. The van der Waals surface area contributed by atoms with E-state index in [9.17, 15) is 0 Å². The molecule has 0 radical (unpaired) electrons. The summed E-state index contributed by atoms with van der Waals surface area (Å²) in [5.41, 5.74) is 2.49. The predicted molar refractivity (Wildman–Crippen MR) is 92.7 cm³/mol. The largest absolute Gasteiger partial charge is 0.256 e. The van der Waals surface area contributed by atoms with Crippen LogP contribution in [0.25, 0.3) is 10.9 Å². The van der Waals surface area contributed by atoms with Gasteiger partial charge in [-0.25, -0.2) is 0 Å². The SMILES string of the molecule is CCCCCCCCCCCc1cnc2ccccc2c1. The molecule has 0 bridgehead atoms. The van der Waals surface area contributed by atoms with Crippen molar-refractivity contribution in [2.45, 2.75) is 71.1 Å². The van der Waals surface area contributed by atoms with E-state index >= 15 is 0 Å². The second-order valence-corrected chi connectivity index (χ2v) is 6.11. The van der Waals surface area contributed by atoms with Crippen molar-refractivity contribution >= 4 is 10.9 Å². The van der Waals surface area contributed by atoms with Crippen LogP contribution in [-0.4, -0.2) is 4.98 Å². The summed E-state index contributed by atoms with van der Waals surface area (Å²) in [4.78, 5) is 4.54. The molecule has 1 aromatic carbocycles. The molecule has 21 heavy (non-hydrogen) atoms. The molecule has 2 rings (SSSR count). The second-order valence-electron chi connectivity index (χ2n) is 6.11. The molecule has 0 N–H and O–H groups in total. The van der Waals surface area contributed by atoms with Crippen molar-refractivity contribution in [3.8, 4) is 0 Å². The molecule has 0 spiro atoms. The molecule has 1 heteroatoms. The average molecular weight is 283 g/mol. The lowest BCUT2D eigenvalue weighted by Crippen LogP contribution is -1.89. The monoisotopic (exact) mass is 283 g/mol. The lowest BCUT2D eigenvalue weighted by atomic mass is 10.0. The van der Waals surface area contributed by atoms with Crippen LogP contribution < -0.4 is 0 Å². The first-order valence-electron chi connectivity index (χ1n) is 8.74.